The van der Waals surface area contributed by atoms with Crippen LogP contribution in [0.25, 0.3) is 0 Å². The lowest BCUT2D eigenvalue weighted by Gasteiger charge is -2.23. The lowest BCUT2D eigenvalue weighted by Crippen LogP contribution is -2.42. The molecule has 2 rings (SSSR count). The average molecular weight is 310 g/mol. The van der Waals surface area contributed by atoms with Crippen LogP contribution in [-0.4, -0.2) is 18.1 Å². The summed E-state index contributed by atoms with van der Waals surface area (Å²) in [5.74, 6) is 0.500. The molecular formula is C17H24ClNO2. The fraction of sp³-hybridized carbons (Fsp3) is 0.588. The second kappa shape index (κ2) is 8.28. The number of para-hydroxylation sites is 1. The van der Waals surface area contributed by atoms with E-state index in [0.29, 0.717) is 10.8 Å². The molecule has 1 atom stereocenters. The summed E-state index contributed by atoms with van der Waals surface area (Å²) in [6.07, 6.45) is 7.89. The summed E-state index contributed by atoms with van der Waals surface area (Å²) in [6, 6.07) is 7.52. The third-order valence-electron chi connectivity index (χ3n) is 3.96. The van der Waals surface area contributed by atoms with Crippen molar-refractivity contribution in [2.45, 2.75) is 64.0 Å². The summed E-state index contributed by atoms with van der Waals surface area (Å²) in [5, 5.41) is 3.65. The molecule has 4 heteroatoms. The maximum atomic E-state index is 12.2. The Morgan fingerprint density at radius 2 is 1.81 bits per heavy atom. The van der Waals surface area contributed by atoms with Crippen LogP contribution in [-0.2, 0) is 4.79 Å². The lowest BCUT2D eigenvalue weighted by atomic mass is 9.96. The first-order valence-corrected chi connectivity index (χ1v) is 8.26. The van der Waals surface area contributed by atoms with Gasteiger partial charge in [0.1, 0.15) is 5.75 Å². The van der Waals surface area contributed by atoms with Crippen LogP contribution in [0.1, 0.15) is 51.9 Å². The van der Waals surface area contributed by atoms with Crippen molar-refractivity contribution in [3.05, 3.63) is 29.3 Å². The zero-order valence-corrected chi connectivity index (χ0v) is 13.4. The Labute approximate surface area is 132 Å². The monoisotopic (exact) mass is 309 g/mol. The van der Waals surface area contributed by atoms with E-state index >= 15 is 0 Å². The predicted octanol–water partition coefficient (Wildman–Crippen LogP) is 4.34. The van der Waals surface area contributed by atoms with E-state index in [-0.39, 0.29) is 11.9 Å². The minimum absolute atomic E-state index is 0.0551. The van der Waals surface area contributed by atoms with Crippen LogP contribution in [0.4, 0.5) is 0 Å². The van der Waals surface area contributed by atoms with Crippen molar-refractivity contribution < 1.29 is 9.53 Å². The maximum Gasteiger partial charge on any atom is 0.260 e. The van der Waals surface area contributed by atoms with Gasteiger partial charge in [0.05, 0.1) is 5.02 Å². The van der Waals surface area contributed by atoms with Gasteiger partial charge in [-0.3, -0.25) is 4.79 Å². The molecule has 1 amide bonds. The quantitative estimate of drug-likeness (QED) is 0.898. The topological polar surface area (TPSA) is 38.3 Å². The molecule has 0 spiro atoms. The van der Waals surface area contributed by atoms with Gasteiger partial charge >= 0.3 is 0 Å². The van der Waals surface area contributed by atoms with E-state index in [1.165, 1.54) is 32.1 Å². The average Bonchev–Trinajstić information content (AvgIpc) is 2.44. The van der Waals surface area contributed by atoms with Gasteiger partial charge in [0.25, 0.3) is 5.91 Å². The van der Waals surface area contributed by atoms with Gasteiger partial charge in [-0.1, -0.05) is 55.8 Å². The molecule has 0 aliphatic heterocycles. The van der Waals surface area contributed by atoms with Gasteiger partial charge < -0.3 is 10.1 Å². The van der Waals surface area contributed by atoms with E-state index in [0.717, 1.165) is 12.8 Å². The third-order valence-corrected chi connectivity index (χ3v) is 4.27. The van der Waals surface area contributed by atoms with Gasteiger partial charge in [0.2, 0.25) is 0 Å². The number of ether oxygens (including phenoxy) is 1. The van der Waals surface area contributed by atoms with Crippen LogP contribution < -0.4 is 10.1 Å². The minimum Gasteiger partial charge on any atom is -0.479 e. The summed E-state index contributed by atoms with van der Waals surface area (Å²) < 4.78 is 5.66. The molecule has 1 aromatic rings. The van der Waals surface area contributed by atoms with E-state index in [1.807, 2.05) is 12.1 Å². The molecule has 1 unspecified atom stereocenters. The zero-order valence-electron chi connectivity index (χ0n) is 12.6. The number of hydrogen-bond donors (Lipinski definition) is 1. The molecule has 3 nitrogen and oxygen atoms in total. The highest BCUT2D eigenvalue weighted by atomic mass is 35.5. The Bertz CT molecular complexity index is 456. The lowest BCUT2D eigenvalue weighted by molar-refractivity contribution is -0.128. The molecule has 0 saturated heterocycles. The number of carbonyl (C=O) groups is 1. The maximum absolute atomic E-state index is 12.2. The number of amides is 1. The highest BCUT2D eigenvalue weighted by molar-refractivity contribution is 6.32. The number of rotatable bonds is 4. The second-order valence-electron chi connectivity index (χ2n) is 5.74. The molecule has 1 aliphatic rings. The first kappa shape index (κ1) is 16.2. The van der Waals surface area contributed by atoms with Gasteiger partial charge in [-0.2, -0.15) is 0 Å². The number of halogens is 1. The van der Waals surface area contributed by atoms with Gasteiger partial charge in [-0.25, -0.2) is 0 Å². The Kier molecular flexibility index (Phi) is 6.37. The van der Waals surface area contributed by atoms with E-state index < -0.39 is 6.10 Å². The molecule has 116 valence electrons. The van der Waals surface area contributed by atoms with Crippen molar-refractivity contribution >= 4 is 17.5 Å². The minimum atomic E-state index is -0.532. The number of carbonyl (C=O) groups excluding carboxylic acids is 1. The number of benzene rings is 1. The molecule has 1 aromatic carbocycles. The van der Waals surface area contributed by atoms with Crippen molar-refractivity contribution in [3.8, 4) is 5.75 Å². The SMILES string of the molecule is CC(Oc1ccccc1Cl)C(=O)NC1CCCCCCC1. The second-order valence-corrected chi connectivity index (χ2v) is 6.15. The summed E-state index contributed by atoms with van der Waals surface area (Å²) in [4.78, 5) is 12.2. The van der Waals surface area contributed by atoms with Crippen molar-refractivity contribution in [1.29, 1.82) is 0 Å². The van der Waals surface area contributed by atoms with Gasteiger partial charge in [0, 0.05) is 6.04 Å². The molecule has 1 fully saturated rings. The molecule has 0 bridgehead atoms. The van der Waals surface area contributed by atoms with Crippen molar-refractivity contribution in [2.24, 2.45) is 0 Å². The highest BCUT2D eigenvalue weighted by Crippen LogP contribution is 2.24. The molecule has 1 saturated carbocycles. The Balaban J connectivity index is 1.85. The molecular weight excluding hydrogens is 286 g/mol. The normalized spacial score (nSPS) is 18.4. The molecule has 0 radical (unpaired) electrons. The van der Waals surface area contributed by atoms with Crippen LogP contribution in [0.2, 0.25) is 5.02 Å². The standard InChI is InChI=1S/C17H24ClNO2/c1-13(21-16-12-8-7-11-15(16)18)17(20)19-14-9-5-3-2-4-6-10-14/h7-8,11-14H,2-6,9-10H2,1H3,(H,19,20). The van der Waals surface area contributed by atoms with Crippen LogP contribution in [0.3, 0.4) is 0 Å². The van der Waals surface area contributed by atoms with Crippen LogP contribution in [0.15, 0.2) is 24.3 Å². The fourth-order valence-electron chi connectivity index (χ4n) is 2.70. The van der Waals surface area contributed by atoms with Crippen LogP contribution in [0, 0.1) is 0 Å². The Morgan fingerprint density at radius 1 is 1.19 bits per heavy atom. The van der Waals surface area contributed by atoms with Crippen LogP contribution >= 0.6 is 11.6 Å². The smallest absolute Gasteiger partial charge is 0.260 e. The van der Waals surface area contributed by atoms with E-state index in [4.69, 9.17) is 16.3 Å². The predicted molar refractivity (Wildman–Crippen MR) is 85.8 cm³/mol. The number of hydrogen-bond acceptors (Lipinski definition) is 2. The molecule has 0 aromatic heterocycles. The van der Waals surface area contributed by atoms with Gasteiger partial charge in [0.15, 0.2) is 6.10 Å². The van der Waals surface area contributed by atoms with E-state index in [9.17, 15) is 4.79 Å². The summed E-state index contributed by atoms with van der Waals surface area (Å²) >= 11 is 6.05. The van der Waals surface area contributed by atoms with Gasteiger partial charge in [-0.05, 0) is 31.9 Å². The summed E-state index contributed by atoms with van der Waals surface area (Å²) in [6.45, 7) is 1.77. The fourth-order valence-corrected chi connectivity index (χ4v) is 2.88. The largest absolute Gasteiger partial charge is 0.479 e. The summed E-state index contributed by atoms with van der Waals surface area (Å²) in [5.41, 5.74) is 0. The van der Waals surface area contributed by atoms with Crippen molar-refractivity contribution in [1.82, 2.24) is 5.32 Å². The van der Waals surface area contributed by atoms with Crippen molar-refractivity contribution in [3.63, 3.8) is 0 Å². The van der Waals surface area contributed by atoms with E-state index in [1.54, 1.807) is 19.1 Å². The number of nitrogens with one attached hydrogen (secondary N) is 1. The molecule has 21 heavy (non-hydrogen) atoms. The summed E-state index contributed by atoms with van der Waals surface area (Å²) in [7, 11) is 0. The molecule has 1 aliphatic carbocycles. The highest BCUT2D eigenvalue weighted by Gasteiger charge is 2.20. The molecule has 0 heterocycles. The van der Waals surface area contributed by atoms with Crippen molar-refractivity contribution in [2.75, 3.05) is 0 Å². The van der Waals surface area contributed by atoms with E-state index in [2.05, 4.69) is 5.32 Å². The third kappa shape index (κ3) is 5.24. The van der Waals surface area contributed by atoms with Gasteiger partial charge in [-0.15, -0.1) is 0 Å². The molecule has 1 N–H and O–H groups in total. The first-order chi connectivity index (χ1) is 10.2. The Morgan fingerprint density at radius 3 is 2.48 bits per heavy atom. The first-order valence-electron chi connectivity index (χ1n) is 7.88. The zero-order chi connectivity index (χ0) is 15.1. The van der Waals surface area contributed by atoms with Crippen LogP contribution in [0.5, 0.6) is 5.75 Å². The Hall–Kier alpha value is -1.22.